The van der Waals surface area contributed by atoms with Crippen LogP contribution >= 0.6 is 45.9 Å². The van der Waals surface area contributed by atoms with E-state index < -0.39 is 5.60 Å². The maximum atomic E-state index is 12.1. The standard InChI is InChI=1S/C24H23ClN2O3S.C23H19ClN2O3S/c1-24(2,29)21-7-6-20(31-21)16-10-17-11-18(30-23(17)19(25)12-16)14-27-22(28)8-5-15-4-3-9-26-13-15;1-14(27)20-5-6-21(30-20)16-9-17-10-18(29-23(17)19(24)11-16)13-26-22(28)7-4-15-3-2-8-25-12-15/h3-10,12-13,18,29H,11,14H2,1-2H3,(H,27,28);2-9,11-12,18H,10,13H2,1H3,(H,26,28)/b8-5+;7-4+. The van der Waals surface area contributed by atoms with Gasteiger partial charge in [0.1, 0.15) is 23.7 Å². The van der Waals surface area contributed by atoms with Crippen molar-refractivity contribution < 1.29 is 29.0 Å². The molecule has 6 heterocycles. The Morgan fingerprint density at radius 2 is 1.25 bits per heavy atom. The van der Waals surface area contributed by atoms with Crippen LogP contribution in [0.2, 0.25) is 10.0 Å². The number of amides is 2. The Bertz CT molecular complexity index is 2600. The Kier molecular flexibility index (Phi) is 13.8. The first-order chi connectivity index (χ1) is 29.3. The van der Waals surface area contributed by atoms with Crippen molar-refractivity contribution in [2.24, 2.45) is 0 Å². The quantitative estimate of drug-likeness (QED) is 0.0816. The number of nitrogens with one attached hydrogen (secondary N) is 2. The highest BCUT2D eigenvalue weighted by Gasteiger charge is 2.28. The molecule has 0 bridgehead atoms. The molecule has 61 heavy (non-hydrogen) atoms. The number of hydrogen-bond acceptors (Lipinski definition) is 10. The normalized spacial score (nSPS) is 15.4. The zero-order chi connectivity index (χ0) is 43.1. The van der Waals surface area contributed by atoms with Crippen molar-refractivity contribution in [1.29, 1.82) is 0 Å². The number of benzene rings is 2. The number of aliphatic hydroxyl groups is 1. The van der Waals surface area contributed by atoms with E-state index in [9.17, 15) is 19.5 Å². The molecule has 0 aliphatic carbocycles. The van der Waals surface area contributed by atoms with Crippen LogP contribution in [0.3, 0.4) is 0 Å². The molecule has 2 amide bonds. The molecule has 0 spiro atoms. The fourth-order valence-electron chi connectivity index (χ4n) is 6.63. The number of halogens is 2. The highest BCUT2D eigenvalue weighted by atomic mass is 35.5. The number of ether oxygens (including phenoxy) is 2. The van der Waals surface area contributed by atoms with E-state index in [1.54, 1.807) is 69.0 Å². The van der Waals surface area contributed by atoms with Crippen LogP contribution in [0.15, 0.2) is 110 Å². The molecule has 2 aliphatic heterocycles. The number of carbonyl (C=O) groups excluding carboxylic acids is 3. The van der Waals surface area contributed by atoms with Crippen molar-refractivity contribution in [3.8, 4) is 32.4 Å². The summed E-state index contributed by atoms with van der Waals surface area (Å²) >= 11 is 15.9. The van der Waals surface area contributed by atoms with Gasteiger partial charge in [0.15, 0.2) is 5.78 Å². The lowest BCUT2D eigenvalue weighted by Crippen LogP contribution is -2.33. The minimum Gasteiger partial charge on any atom is -0.486 e. The van der Waals surface area contributed by atoms with Gasteiger partial charge in [-0.2, -0.15) is 0 Å². The van der Waals surface area contributed by atoms with Crippen LogP contribution in [-0.4, -0.2) is 58.0 Å². The number of ketones is 1. The highest BCUT2D eigenvalue weighted by Crippen LogP contribution is 2.43. The van der Waals surface area contributed by atoms with Crippen LogP contribution in [0.25, 0.3) is 33.0 Å². The minimum atomic E-state index is -0.874. The number of rotatable bonds is 12. The van der Waals surface area contributed by atoms with Gasteiger partial charge in [0, 0.05) is 75.5 Å². The maximum Gasteiger partial charge on any atom is 0.244 e. The van der Waals surface area contributed by atoms with Crippen LogP contribution in [0.5, 0.6) is 11.5 Å². The monoisotopic (exact) mass is 892 g/mol. The SMILES string of the molecule is CC(=O)c1ccc(-c2cc(Cl)c3c(c2)CC(CNC(=O)/C=C/c2cccnc2)O3)s1.CC(C)(O)c1ccc(-c2cc(Cl)c3c(c2)CC(CNC(=O)/C=C/c2cccnc2)O3)s1. The highest BCUT2D eigenvalue weighted by molar-refractivity contribution is 7.17. The summed E-state index contributed by atoms with van der Waals surface area (Å²) < 4.78 is 11.9. The molecule has 0 fully saturated rings. The molecule has 6 aromatic rings. The summed E-state index contributed by atoms with van der Waals surface area (Å²) in [6.45, 7) is 5.88. The minimum absolute atomic E-state index is 0.0511. The largest absolute Gasteiger partial charge is 0.486 e. The lowest BCUT2D eigenvalue weighted by molar-refractivity contribution is -0.117. The molecule has 2 atom stereocenters. The fraction of sp³-hybridized carbons (Fsp3) is 0.213. The zero-order valence-electron chi connectivity index (χ0n) is 33.5. The number of nitrogens with zero attached hydrogens (tertiary/aromatic N) is 2. The molecule has 14 heteroatoms. The second kappa shape index (κ2) is 19.4. The molecule has 0 radical (unpaired) electrons. The number of pyridine rings is 2. The molecule has 4 aromatic heterocycles. The van der Waals surface area contributed by atoms with Gasteiger partial charge in [-0.1, -0.05) is 35.3 Å². The summed E-state index contributed by atoms with van der Waals surface area (Å²) in [5.41, 5.74) is 4.83. The van der Waals surface area contributed by atoms with Gasteiger partial charge >= 0.3 is 0 Å². The molecular formula is C47H42Cl2N4O6S2. The average molecular weight is 894 g/mol. The predicted molar refractivity (Wildman–Crippen MR) is 244 cm³/mol. The van der Waals surface area contributed by atoms with Gasteiger partial charge in [-0.15, -0.1) is 22.7 Å². The first-order valence-electron chi connectivity index (χ1n) is 19.4. The van der Waals surface area contributed by atoms with E-state index in [-0.39, 0.29) is 29.8 Å². The van der Waals surface area contributed by atoms with Crippen molar-refractivity contribution in [2.75, 3.05) is 13.1 Å². The van der Waals surface area contributed by atoms with Crippen molar-refractivity contribution in [3.05, 3.63) is 152 Å². The van der Waals surface area contributed by atoms with Crippen molar-refractivity contribution in [1.82, 2.24) is 20.6 Å². The lowest BCUT2D eigenvalue weighted by Gasteiger charge is -2.14. The summed E-state index contributed by atoms with van der Waals surface area (Å²) in [6.07, 6.45) is 14.1. The van der Waals surface area contributed by atoms with E-state index >= 15 is 0 Å². The van der Waals surface area contributed by atoms with E-state index in [2.05, 4.69) is 26.7 Å². The fourth-order valence-corrected chi connectivity index (χ4v) is 9.08. The molecule has 312 valence electrons. The Morgan fingerprint density at radius 1 is 0.754 bits per heavy atom. The van der Waals surface area contributed by atoms with Crippen LogP contribution in [0, 0.1) is 0 Å². The molecule has 0 saturated heterocycles. The van der Waals surface area contributed by atoms with E-state index in [0.717, 1.165) is 52.9 Å². The summed E-state index contributed by atoms with van der Waals surface area (Å²) in [7, 11) is 0. The summed E-state index contributed by atoms with van der Waals surface area (Å²) in [5.74, 6) is 1.01. The van der Waals surface area contributed by atoms with Crippen LogP contribution in [0.1, 0.15) is 57.6 Å². The van der Waals surface area contributed by atoms with Gasteiger partial charge in [0.05, 0.1) is 33.6 Å². The maximum absolute atomic E-state index is 12.1. The molecule has 2 aliphatic rings. The summed E-state index contributed by atoms with van der Waals surface area (Å²) in [5, 5.41) is 17.0. The number of hydrogen-bond donors (Lipinski definition) is 3. The van der Waals surface area contributed by atoms with E-state index in [0.29, 0.717) is 47.5 Å². The third-order valence-corrected chi connectivity index (χ3v) is 12.9. The first-order valence-corrected chi connectivity index (χ1v) is 21.8. The smallest absolute Gasteiger partial charge is 0.244 e. The van der Waals surface area contributed by atoms with Crippen molar-refractivity contribution >= 4 is 75.6 Å². The number of carbonyl (C=O) groups is 3. The molecule has 10 nitrogen and oxygen atoms in total. The third kappa shape index (κ3) is 11.4. The Balaban J connectivity index is 0.000000184. The Hall–Kier alpha value is -5.63. The predicted octanol–water partition coefficient (Wildman–Crippen LogP) is 9.62. The van der Waals surface area contributed by atoms with Gasteiger partial charge in [-0.05, 0) is 116 Å². The first kappa shape index (κ1) is 43.5. The Morgan fingerprint density at radius 3 is 1.67 bits per heavy atom. The topological polar surface area (TPSA) is 140 Å². The van der Waals surface area contributed by atoms with Gasteiger partial charge in [-0.3, -0.25) is 24.4 Å². The van der Waals surface area contributed by atoms with Crippen molar-refractivity contribution in [2.45, 2.75) is 51.4 Å². The molecule has 0 saturated carbocycles. The molecular weight excluding hydrogens is 852 g/mol. The molecule has 2 aromatic carbocycles. The van der Waals surface area contributed by atoms with E-state index in [4.69, 9.17) is 32.7 Å². The summed E-state index contributed by atoms with van der Waals surface area (Å²) in [6, 6.07) is 23.0. The second-order valence-electron chi connectivity index (χ2n) is 15.0. The number of thiophene rings is 2. The van der Waals surface area contributed by atoms with E-state index in [1.807, 2.05) is 66.7 Å². The molecule has 2 unspecified atom stereocenters. The zero-order valence-corrected chi connectivity index (χ0v) is 36.6. The average Bonchev–Trinajstić information content (AvgIpc) is 4.08. The van der Waals surface area contributed by atoms with Gasteiger partial charge in [-0.25, -0.2) is 0 Å². The van der Waals surface area contributed by atoms with Gasteiger partial charge < -0.3 is 25.2 Å². The number of aromatic nitrogens is 2. The van der Waals surface area contributed by atoms with E-state index in [1.165, 1.54) is 23.5 Å². The number of Topliss-reactive ketones (excluding diaryl/α,β-unsaturated/α-hetero) is 1. The summed E-state index contributed by atoms with van der Waals surface area (Å²) in [4.78, 5) is 47.4. The van der Waals surface area contributed by atoms with Crippen LogP contribution < -0.4 is 20.1 Å². The molecule has 8 rings (SSSR count). The van der Waals surface area contributed by atoms with Gasteiger partial charge in [0.2, 0.25) is 11.8 Å². The lowest BCUT2D eigenvalue weighted by atomic mass is 10.0. The molecule has 3 N–H and O–H groups in total. The number of fused-ring (bicyclic) bond motifs is 2. The van der Waals surface area contributed by atoms with Gasteiger partial charge in [0.25, 0.3) is 0 Å². The third-order valence-electron chi connectivity index (χ3n) is 9.67. The Labute approximate surface area is 371 Å². The van der Waals surface area contributed by atoms with Crippen LogP contribution in [-0.2, 0) is 28.0 Å². The second-order valence-corrected chi connectivity index (χ2v) is 17.9. The van der Waals surface area contributed by atoms with Crippen LogP contribution in [0.4, 0.5) is 0 Å². The van der Waals surface area contributed by atoms with Crippen molar-refractivity contribution in [3.63, 3.8) is 0 Å².